The Morgan fingerprint density at radius 3 is 3.14 bits per heavy atom. The van der Waals surface area contributed by atoms with E-state index in [0.29, 0.717) is 37.4 Å². The Balaban J connectivity index is 1.77. The van der Waals surface area contributed by atoms with E-state index >= 15 is 0 Å². The van der Waals surface area contributed by atoms with Crippen LogP contribution in [-0.2, 0) is 4.79 Å². The fourth-order valence-corrected chi connectivity index (χ4v) is 2.19. The molecule has 1 aliphatic rings. The first-order valence-corrected chi connectivity index (χ1v) is 6.97. The molecule has 2 N–H and O–H groups in total. The molecule has 6 nitrogen and oxygen atoms in total. The van der Waals surface area contributed by atoms with Crippen molar-refractivity contribution in [3.05, 3.63) is 29.8 Å². The van der Waals surface area contributed by atoms with Gasteiger partial charge in [-0.1, -0.05) is 6.07 Å². The third-order valence-electron chi connectivity index (χ3n) is 3.28. The van der Waals surface area contributed by atoms with E-state index in [2.05, 4.69) is 5.32 Å². The number of β-amino-alcohol motifs (C(OH)–C–C–N with tert-alkyl or cyclic N) is 1. The first-order valence-electron chi connectivity index (χ1n) is 6.97. The van der Waals surface area contributed by atoms with Crippen molar-refractivity contribution >= 4 is 5.91 Å². The van der Waals surface area contributed by atoms with Gasteiger partial charge in [0.05, 0.1) is 11.6 Å². The molecule has 1 aliphatic heterocycles. The van der Waals surface area contributed by atoms with Crippen molar-refractivity contribution in [2.24, 2.45) is 0 Å². The van der Waals surface area contributed by atoms with Crippen LogP contribution in [0, 0.1) is 11.3 Å². The predicted molar refractivity (Wildman–Crippen MR) is 76.7 cm³/mol. The van der Waals surface area contributed by atoms with E-state index < -0.39 is 6.10 Å². The van der Waals surface area contributed by atoms with Gasteiger partial charge in [0.2, 0.25) is 5.91 Å². The van der Waals surface area contributed by atoms with Crippen LogP contribution in [0.4, 0.5) is 0 Å². The first kappa shape index (κ1) is 15.3. The van der Waals surface area contributed by atoms with Crippen LogP contribution in [0.3, 0.4) is 0 Å². The van der Waals surface area contributed by atoms with Crippen molar-refractivity contribution < 1.29 is 14.6 Å². The van der Waals surface area contributed by atoms with E-state index in [1.165, 1.54) is 0 Å². The topological polar surface area (TPSA) is 85.6 Å². The van der Waals surface area contributed by atoms with Gasteiger partial charge in [0.25, 0.3) is 0 Å². The maximum Gasteiger partial charge on any atom is 0.221 e. The van der Waals surface area contributed by atoms with Gasteiger partial charge in [-0.05, 0) is 18.2 Å². The highest BCUT2D eigenvalue weighted by Gasteiger charge is 2.16. The van der Waals surface area contributed by atoms with Crippen LogP contribution in [0.25, 0.3) is 0 Å². The molecular weight excluding hydrogens is 270 g/mol. The minimum atomic E-state index is -0.635. The van der Waals surface area contributed by atoms with E-state index in [4.69, 9.17) is 10.00 Å². The second kappa shape index (κ2) is 7.62. The number of ether oxygens (including phenoxy) is 1. The lowest BCUT2D eigenvalue weighted by Gasteiger charge is -2.22. The number of hydrogen-bond acceptors (Lipinski definition) is 5. The van der Waals surface area contributed by atoms with Crippen molar-refractivity contribution in [2.45, 2.75) is 12.5 Å². The highest BCUT2D eigenvalue weighted by Crippen LogP contribution is 2.13. The van der Waals surface area contributed by atoms with Crippen LogP contribution in [0.1, 0.15) is 12.0 Å². The lowest BCUT2D eigenvalue weighted by molar-refractivity contribution is -0.120. The predicted octanol–water partition coefficient (Wildman–Crippen LogP) is 0.120. The fourth-order valence-electron chi connectivity index (χ4n) is 2.19. The van der Waals surface area contributed by atoms with Crippen LogP contribution in [0.15, 0.2) is 24.3 Å². The molecule has 1 saturated heterocycles. The zero-order chi connectivity index (χ0) is 15.1. The SMILES string of the molecule is N#Cc1cccc(OCC(O)CN2CCNC(=O)CC2)c1. The molecule has 1 aromatic rings. The number of benzene rings is 1. The molecule has 0 bridgehead atoms. The van der Waals surface area contributed by atoms with E-state index in [9.17, 15) is 9.90 Å². The highest BCUT2D eigenvalue weighted by atomic mass is 16.5. The summed E-state index contributed by atoms with van der Waals surface area (Å²) in [6, 6.07) is 8.88. The van der Waals surface area contributed by atoms with Crippen LogP contribution in [-0.4, -0.2) is 54.8 Å². The molecule has 1 fully saturated rings. The van der Waals surface area contributed by atoms with Gasteiger partial charge in [0, 0.05) is 32.6 Å². The maximum absolute atomic E-state index is 11.2. The van der Waals surface area contributed by atoms with Gasteiger partial charge < -0.3 is 15.2 Å². The Hall–Kier alpha value is -2.10. The molecule has 0 saturated carbocycles. The van der Waals surface area contributed by atoms with E-state index in [0.717, 1.165) is 6.54 Å². The lowest BCUT2D eigenvalue weighted by atomic mass is 10.2. The number of hydrogen-bond donors (Lipinski definition) is 2. The monoisotopic (exact) mass is 289 g/mol. The number of rotatable bonds is 5. The van der Waals surface area contributed by atoms with Gasteiger partial charge in [-0.15, -0.1) is 0 Å². The average molecular weight is 289 g/mol. The Kier molecular flexibility index (Phi) is 5.55. The molecule has 1 unspecified atom stereocenters. The summed E-state index contributed by atoms with van der Waals surface area (Å²) in [5.41, 5.74) is 0.527. The molecule has 0 radical (unpaired) electrons. The van der Waals surface area contributed by atoms with Crippen molar-refractivity contribution in [2.75, 3.05) is 32.8 Å². The molecule has 0 aromatic heterocycles. The summed E-state index contributed by atoms with van der Waals surface area (Å²) in [4.78, 5) is 13.3. The third kappa shape index (κ3) is 5.06. The molecule has 112 valence electrons. The Morgan fingerprint density at radius 1 is 1.48 bits per heavy atom. The molecule has 2 rings (SSSR count). The average Bonchev–Trinajstić information content (AvgIpc) is 2.70. The summed E-state index contributed by atoms with van der Waals surface area (Å²) in [5, 5.41) is 21.6. The van der Waals surface area contributed by atoms with Crippen LogP contribution < -0.4 is 10.1 Å². The van der Waals surface area contributed by atoms with E-state index in [-0.39, 0.29) is 12.5 Å². The third-order valence-corrected chi connectivity index (χ3v) is 3.28. The minimum absolute atomic E-state index is 0.0524. The van der Waals surface area contributed by atoms with E-state index in [1.807, 2.05) is 11.0 Å². The zero-order valence-electron chi connectivity index (χ0n) is 11.8. The molecule has 1 heterocycles. The molecule has 21 heavy (non-hydrogen) atoms. The smallest absolute Gasteiger partial charge is 0.221 e. The highest BCUT2D eigenvalue weighted by molar-refractivity contribution is 5.76. The second-order valence-electron chi connectivity index (χ2n) is 5.01. The number of amides is 1. The summed E-state index contributed by atoms with van der Waals surface area (Å²) >= 11 is 0. The fraction of sp³-hybridized carbons (Fsp3) is 0.467. The van der Waals surface area contributed by atoms with Crippen LogP contribution in [0.2, 0.25) is 0 Å². The van der Waals surface area contributed by atoms with Gasteiger partial charge in [0.1, 0.15) is 18.5 Å². The van der Waals surface area contributed by atoms with Gasteiger partial charge >= 0.3 is 0 Å². The van der Waals surface area contributed by atoms with Crippen LogP contribution >= 0.6 is 0 Å². The summed E-state index contributed by atoms with van der Waals surface area (Å²) in [6.45, 7) is 2.61. The molecular formula is C15H19N3O3. The zero-order valence-corrected chi connectivity index (χ0v) is 11.8. The minimum Gasteiger partial charge on any atom is -0.491 e. The van der Waals surface area contributed by atoms with Gasteiger partial charge in [-0.2, -0.15) is 5.26 Å². The van der Waals surface area contributed by atoms with Gasteiger partial charge in [0.15, 0.2) is 0 Å². The van der Waals surface area contributed by atoms with Crippen molar-refractivity contribution in [1.82, 2.24) is 10.2 Å². The number of aliphatic hydroxyl groups excluding tert-OH is 1. The number of nitrogens with zero attached hydrogens (tertiary/aromatic N) is 2. The first-order chi connectivity index (χ1) is 10.2. The maximum atomic E-state index is 11.2. The number of nitriles is 1. The van der Waals surface area contributed by atoms with Crippen molar-refractivity contribution in [1.29, 1.82) is 5.26 Å². The summed E-state index contributed by atoms with van der Waals surface area (Å²) in [6.07, 6.45) is -0.179. The Morgan fingerprint density at radius 2 is 2.33 bits per heavy atom. The Bertz CT molecular complexity index is 527. The van der Waals surface area contributed by atoms with Crippen LogP contribution in [0.5, 0.6) is 5.75 Å². The molecule has 0 spiro atoms. The standard InChI is InChI=1S/C15H19N3O3/c16-9-12-2-1-3-14(8-12)21-11-13(19)10-18-6-4-15(20)17-5-7-18/h1-3,8,13,19H,4-7,10-11H2,(H,17,20). The molecule has 1 aromatic carbocycles. The Labute approximate surface area is 123 Å². The number of carbonyl (C=O) groups excluding carboxylic acids is 1. The molecule has 0 aliphatic carbocycles. The van der Waals surface area contributed by atoms with Gasteiger partial charge in [-0.25, -0.2) is 0 Å². The summed E-state index contributed by atoms with van der Waals surface area (Å²) in [5.74, 6) is 0.623. The number of nitrogens with one attached hydrogen (secondary N) is 1. The summed E-state index contributed by atoms with van der Waals surface area (Å²) < 4.78 is 5.49. The molecule has 1 atom stereocenters. The van der Waals surface area contributed by atoms with Crippen molar-refractivity contribution in [3.63, 3.8) is 0 Å². The lowest BCUT2D eigenvalue weighted by Crippen LogP contribution is -2.37. The summed E-state index contributed by atoms with van der Waals surface area (Å²) in [7, 11) is 0. The number of aliphatic hydroxyl groups is 1. The van der Waals surface area contributed by atoms with Crippen molar-refractivity contribution in [3.8, 4) is 11.8 Å². The largest absolute Gasteiger partial charge is 0.491 e. The molecule has 6 heteroatoms. The van der Waals surface area contributed by atoms with Gasteiger partial charge in [-0.3, -0.25) is 9.69 Å². The second-order valence-corrected chi connectivity index (χ2v) is 5.01. The normalized spacial score (nSPS) is 17.4. The molecule has 1 amide bonds. The number of carbonyl (C=O) groups is 1. The van der Waals surface area contributed by atoms with E-state index in [1.54, 1.807) is 24.3 Å². The quantitative estimate of drug-likeness (QED) is 0.804.